The highest BCUT2D eigenvalue weighted by Crippen LogP contribution is 2.25. The van der Waals surface area contributed by atoms with E-state index in [0.29, 0.717) is 12.8 Å². The van der Waals surface area contributed by atoms with Crippen LogP contribution in [0, 0.1) is 0 Å². The minimum atomic E-state index is -2.91. The van der Waals surface area contributed by atoms with Gasteiger partial charge in [0, 0.05) is 24.0 Å². The van der Waals surface area contributed by atoms with Gasteiger partial charge in [0.15, 0.2) is 9.84 Å². The van der Waals surface area contributed by atoms with E-state index in [4.69, 9.17) is 0 Å². The van der Waals surface area contributed by atoms with E-state index in [1.54, 1.807) is 0 Å². The van der Waals surface area contributed by atoms with Gasteiger partial charge >= 0.3 is 0 Å². The van der Waals surface area contributed by atoms with Crippen molar-refractivity contribution in [3.05, 3.63) is 60.2 Å². The second-order valence-electron chi connectivity index (χ2n) is 6.60. The van der Waals surface area contributed by atoms with Gasteiger partial charge in [-0.2, -0.15) is 0 Å². The molecule has 1 saturated heterocycles. The third-order valence-corrected chi connectivity index (χ3v) is 6.43. The van der Waals surface area contributed by atoms with Crippen molar-refractivity contribution in [2.45, 2.75) is 25.8 Å². The van der Waals surface area contributed by atoms with Gasteiger partial charge in [0.1, 0.15) is 0 Å². The summed E-state index contributed by atoms with van der Waals surface area (Å²) in [6.07, 6.45) is 1.01. The van der Waals surface area contributed by atoms with Gasteiger partial charge in [-0.15, -0.1) is 0 Å². The highest BCUT2D eigenvalue weighted by Gasteiger charge is 2.31. The lowest BCUT2D eigenvalue weighted by Gasteiger charge is -2.29. The number of carbonyl (C=O) groups is 1. The molecule has 26 heavy (non-hydrogen) atoms. The Bertz CT molecular complexity index is 848. The molecule has 6 heteroatoms. The lowest BCUT2D eigenvalue weighted by atomic mass is 10.1. The molecule has 0 spiro atoms. The zero-order valence-corrected chi connectivity index (χ0v) is 15.7. The minimum Gasteiger partial charge on any atom is -0.368 e. The van der Waals surface area contributed by atoms with Crippen LogP contribution in [0.5, 0.6) is 0 Å². The lowest BCUT2D eigenvalue weighted by Crippen LogP contribution is -2.36. The van der Waals surface area contributed by atoms with Crippen LogP contribution in [0.4, 0.5) is 11.4 Å². The Labute approximate surface area is 154 Å². The van der Waals surface area contributed by atoms with E-state index in [1.807, 2.05) is 61.5 Å². The Morgan fingerprint density at radius 2 is 1.81 bits per heavy atom. The van der Waals surface area contributed by atoms with Crippen LogP contribution in [0.2, 0.25) is 0 Å². The Morgan fingerprint density at radius 3 is 2.38 bits per heavy atom. The number of nitrogens with one attached hydrogen (secondary N) is 1. The van der Waals surface area contributed by atoms with Crippen LogP contribution in [-0.4, -0.2) is 38.4 Å². The third kappa shape index (κ3) is 4.64. The molecule has 0 aromatic heterocycles. The molecule has 1 atom stereocenters. The quantitative estimate of drug-likeness (QED) is 0.847. The van der Waals surface area contributed by atoms with Crippen molar-refractivity contribution in [1.82, 2.24) is 0 Å². The van der Waals surface area contributed by atoms with Gasteiger partial charge in [-0.25, -0.2) is 8.42 Å². The first-order valence-corrected chi connectivity index (χ1v) is 10.7. The molecule has 1 aliphatic heterocycles. The smallest absolute Gasteiger partial charge is 0.228 e. The molecule has 2 aromatic rings. The number of sulfone groups is 1. The van der Waals surface area contributed by atoms with Gasteiger partial charge in [-0.3, -0.25) is 4.79 Å². The molecule has 3 rings (SSSR count). The first-order valence-electron chi connectivity index (χ1n) is 8.88. The Kier molecular flexibility index (Phi) is 5.61. The topological polar surface area (TPSA) is 66.5 Å². The SMILES string of the molecule is CCN(c1ccc(NC(=O)Cc2ccccc2)cc1)C1CCS(=O)(=O)C1. The zero-order chi connectivity index (χ0) is 18.6. The predicted molar refractivity (Wildman–Crippen MR) is 105 cm³/mol. The molecular weight excluding hydrogens is 348 g/mol. The maximum Gasteiger partial charge on any atom is 0.228 e. The van der Waals surface area contributed by atoms with Crippen molar-refractivity contribution < 1.29 is 13.2 Å². The summed E-state index contributed by atoms with van der Waals surface area (Å²) in [6, 6.07) is 17.3. The molecule has 138 valence electrons. The number of amides is 1. The molecule has 1 N–H and O–H groups in total. The standard InChI is InChI=1S/C20H24N2O3S/c1-2-22(19-12-13-26(24,25)15-19)18-10-8-17(9-11-18)21-20(23)14-16-6-4-3-5-7-16/h3-11,19H,2,12-15H2,1H3,(H,21,23). The van der Waals surface area contributed by atoms with Crippen molar-refractivity contribution in [2.75, 3.05) is 28.3 Å². The van der Waals surface area contributed by atoms with Gasteiger partial charge < -0.3 is 10.2 Å². The van der Waals surface area contributed by atoms with E-state index in [2.05, 4.69) is 10.2 Å². The minimum absolute atomic E-state index is 0.0310. The van der Waals surface area contributed by atoms with Crippen LogP contribution in [0.15, 0.2) is 54.6 Å². The molecule has 1 heterocycles. The van der Waals surface area contributed by atoms with Crippen LogP contribution >= 0.6 is 0 Å². The van der Waals surface area contributed by atoms with Crippen molar-refractivity contribution in [2.24, 2.45) is 0 Å². The van der Waals surface area contributed by atoms with E-state index in [9.17, 15) is 13.2 Å². The van der Waals surface area contributed by atoms with Crippen LogP contribution in [-0.2, 0) is 21.1 Å². The summed E-state index contributed by atoms with van der Waals surface area (Å²) >= 11 is 0. The van der Waals surface area contributed by atoms with E-state index >= 15 is 0 Å². The monoisotopic (exact) mass is 372 g/mol. The van der Waals surface area contributed by atoms with Gasteiger partial charge in [0.25, 0.3) is 0 Å². The molecule has 0 radical (unpaired) electrons. The molecule has 0 saturated carbocycles. The average Bonchev–Trinajstić information content (AvgIpc) is 2.97. The Hall–Kier alpha value is -2.34. The van der Waals surface area contributed by atoms with Crippen LogP contribution in [0.25, 0.3) is 0 Å². The Balaban J connectivity index is 1.63. The maximum atomic E-state index is 12.1. The van der Waals surface area contributed by atoms with Gasteiger partial charge in [0.05, 0.1) is 17.9 Å². The second-order valence-corrected chi connectivity index (χ2v) is 8.83. The van der Waals surface area contributed by atoms with Crippen molar-refractivity contribution in [3.63, 3.8) is 0 Å². The second kappa shape index (κ2) is 7.91. The number of carbonyl (C=O) groups excluding carboxylic acids is 1. The Morgan fingerprint density at radius 1 is 1.12 bits per heavy atom. The maximum absolute atomic E-state index is 12.1. The molecule has 1 fully saturated rings. The summed E-state index contributed by atoms with van der Waals surface area (Å²) in [4.78, 5) is 14.3. The molecule has 2 aromatic carbocycles. The highest BCUT2D eigenvalue weighted by atomic mass is 32.2. The van der Waals surface area contributed by atoms with Crippen LogP contribution < -0.4 is 10.2 Å². The van der Waals surface area contributed by atoms with E-state index in [0.717, 1.165) is 23.5 Å². The van der Waals surface area contributed by atoms with Crippen molar-refractivity contribution in [3.8, 4) is 0 Å². The van der Waals surface area contributed by atoms with Crippen molar-refractivity contribution >= 4 is 27.1 Å². The van der Waals surface area contributed by atoms with Crippen LogP contribution in [0.1, 0.15) is 18.9 Å². The van der Waals surface area contributed by atoms with E-state index in [1.165, 1.54) is 0 Å². The summed E-state index contributed by atoms with van der Waals surface area (Å²) < 4.78 is 23.5. The molecule has 1 aliphatic rings. The first-order chi connectivity index (χ1) is 12.5. The number of hydrogen-bond acceptors (Lipinski definition) is 4. The molecule has 5 nitrogen and oxygen atoms in total. The highest BCUT2D eigenvalue weighted by molar-refractivity contribution is 7.91. The normalized spacial score (nSPS) is 18.4. The fourth-order valence-electron chi connectivity index (χ4n) is 3.40. The number of nitrogens with zero attached hydrogens (tertiary/aromatic N) is 1. The third-order valence-electron chi connectivity index (χ3n) is 4.68. The summed E-state index contributed by atoms with van der Waals surface area (Å²) in [5, 5.41) is 2.90. The fourth-order valence-corrected chi connectivity index (χ4v) is 5.13. The van der Waals surface area contributed by atoms with E-state index < -0.39 is 9.84 Å². The lowest BCUT2D eigenvalue weighted by molar-refractivity contribution is -0.115. The molecule has 0 bridgehead atoms. The number of rotatable bonds is 6. The summed E-state index contributed by atoms with van der Waals surface area (Å²) in [7, 11) is -2.91. The fraction of sp³-hybridized carbons (Fsp3) is 0.350. The average molecular weight is 372 g/mol. The van der Waals surface area contributed by atoms with Gasteiger partial charge in [-0.05, 0) is 43.2 Å². The largest absolute Gasteiger partial charge is 0.368 e. The number of anilines is 2. The van der Waals surface area contributed by atoms with Gasteiger partial charge in [-0.1, -0.05) is 30.3 Å². The number of hydrogen-bond donors (Lipinski definition) is 1. The molecule has 1 unspecified atom stereocenters. The molecule has 1 amide bonds. The van der Waals surface area contributed by atoms with Gasteiger partial charge in [0.2, 0.25) is 5.91 Å². The summed E-state index contributed by atoms with van der Waals surface area (Å²) in [5.74, 6) is 0.427. The predicted octanol–water partition coefficient (Wildman–Crippen LogP) is 2.88. The zero-order valence-electron chi connectivity index (χ0n) is 14.9. The summed E-state index contributed by atoms with van der Waals surface area (Å²) in [5.41, 5.74) is 2.70. The molecular formula is C20H24N2O3S. The van der Waals surface area contributed by atoms with Crippen molar-refractivity contribution in [1.29, 1.82) is 0 Å². The van der Waals surface area contributed by atoms with E-state index in [-0.39, 0.29) is 23.5 Å². The van der Waals surface area contributed by atoms with Crippen LogP contribution in [0.3, 0.4) is 0 Å². The first kappa shape index (κ1) is 18.5. The summed E-state index contributed by atoms with van der Waals surface area (Å²) in [6.45, 7) is 2.78. The molecule has 0 aliphatic carbocycles. The number of benzene rings is 2.